The van der Waals surface area contributed by atoms with E-state index in [0.717, 1.165) is 11.1 Å². The third-order valence-corrected chi connectivity index (χ3v) is 5.21. The molecule has 1 aliphatic carbocycles. The molecule has 1 spiro atoms. The van der Waals surface area contributed by atoms with E-state index in [1.54, 1.807) is 12.0 Å². The van der Waals surface area contributed by atoms with E-state index in [4.69, 9.17) is 9.47 Å². The van der Waals surface area contributed by atoms with Gasteiger partial charge in [0.1, 0.15) is 12.1 Å². The summed E-state index contributed by atoms with van der Waals surface area (Å²) in [7, 11) is 3.42. The van der Waals surface area contributed by atoms with Gasteiger partial charge in [-0.25, -0.2) is 0 Å². The molecule has 1 amide bonds. The number of amides is 1. The lowest BCUT2D eigenvalue weighted by atomic mass is 9.68. The smallest absolute Gasteiger partial charge is 0.223 e. The van der Waals surface area contributed by atoms with Crippen molar-refractivity contribution in [2.24, 2.45) is 5.18 Å². The number of carbonyl (C=O) groups excluding carboxylic acids is 1. The molecule has 0 N–H and O–H groups in total. The van der Waals surface area contributed by atoms with E-state index in [1.165, 1.54) is 0 Å². The van der Waals surface area contributed by atoms with Gasteiger partial charge in [-0.3, -0.25) is 4.79 Å². The first-order valence-corrected chi connectivity index (χ1v) is 7.72. The zero-order valence-corrected chi connectivity index (χ0v) is 13.1. The van der Waals surface area contributed by atoms with E-state index >= 15 is 0 Å². The molecule has 0 aromatic heterocycles. The highest BCUT2D eigenvalue weighted by molar-refractivity contribution is 5.81. The number of rotatable bonds is 2. The van der Waals surface area contributed by atoms with Crippen molar-refractivity contribution >= 4 is 5.91 Å². The highest BCUT2D eigenvalue weighted by Crippen LogP contribution is 2.55. The van der Waals surface area contributed by atoms with Crippen molar-refractivity contribution in [3.63, 3.8) is 0 Å². The monoisotopic (exact) mass is 314 g/mol. The Balaban J connectivity index is 1.96. The summed E-state index contributed by atoms with van der Waals surface area (Å²) in [5.41, 5.74) is 1.57. The summed E-state index contributed by atoms with van der Waals surface area (Å²) in [6.07, 6.45) is 4.32. The van der Waals surface area contributed by atoms with Crippen LogP contribution in [0.5, 0.6) is 11.5 Å². The van der Waals surface area contributed by atoms with Gasteiger partial charge in [0.25, 0.3) is 0 Å². The normalized spacial score (nSPS) is 31.0. The molecule has 2 heterocycles. The van der Waals surface area contributed by atoms with Crippen LogP contribution in [0.25, 0.3) is 0 Å². The largest absolute Gasteiger partial charge is 0.493 e. The Morgan fingerprint density at radius 3 is 3.00 bits per heavy atom. The summed E-state index contributed by atoms with van der Waals surface area (Å²) < 4.78 is 11.6. The lowest BCUT2D eigenvalue weighted by Gasteiger charge is -2.34. The van der Waals surface area contributed by atoms with Crippen molar-refractivity contribution in [1.82, 2.24) is 4.90 Å². The van der Waals surface area contributed by atoms with Crippen molar-refractivity contribution in [1.29, 1.82) is 0 Å². The molecule has 4 rings (SSSR count). The predicted octanol–water partition coefficient (Wildman–Crippen LogP) is 2.15. The van der Waals surface area contributed by atoms with Crippen LogP contribution < -0.4 is 9.47 Å². The number of hydrogen-bond donors (Lipinski definition) is 0. The summed E-state index contributed by atoms with van der Waals surface area (Å²) in [5.74, 6) is 1.44. The minimum absolute atomic E-state index is 0.0729. The molecular weight excluding hydrogens is 296 g/mol. The van der Waals surface area contributed by atoms with Gasteiger partial charge >= 0.3 is 0 Å². The minimum Gasteiger partial charge on any atom is -0.493 e. The highest BCUT2D eigenvalue weighted by atomic mass is 16.5. The lowest BCUT2D eigenvalue weighted by molar-refractivity contribution is -0.131. The number of ether oxygens (including phenoxy) is 2. The van der Waals surface area contributed by atoms with E-state index in [-0.39, 0.29) is 12.0 Å². The zero-order valence-electron chi connectivity index (χ0n) is 13.1. The van der Waals surface area contributed by atoms with Crippen LogP contribution in [0.1, 0.15) is 24.0 Å². The second kappa shape index (κ2) is 4.81. The van der Waals surface area contributed by atoms with Crippen LogP contribution in [0.3, 0.4) is 0 Å². The van der Waals surface area contributed by atoms with Gasteiger partial charge in [0.05, 0.1) is 12.5 Å². The van der Waals surface area contributed by atoms with Crippen LogP contribution in [-0.2, 0) is 16.8 Å². The number of methoxy groups -OCH3 is 1. The maximum absolute atomic E-state index is 12.6. The molecule has 6 heteroatoms. The number of benzene rings is 1. The molecule has 0 unspecified atom stereocenters. The molecule has 6 nitrogen and oxygen atoms in total. The third kappa shape index (κ3) is 1.84. The van der Waals surface area contributed by atoms with Crippen LogP contribution >= 0.6 is 0 Å². The molecule has 0 fully saturated rings. The summed E-state index contributed by atoms with van der Waals surface area (Å²) in [6.45, 7) is 0.548. The summed E-state index contributed by atoms with van der Waals surface area (Å²) in [5, 5.41) is 3.13. The zero-order chi connectivity index (χ0) is 16.2. The molecule has 0 bridgehead atoms. The van der Waals surface area contributed by atoms with E-state index in [9.17, 15) is 9.70 Å². The molecule has 1 aromatic carbocycles. The van der Waals surface area contributed by atoms with E-state index in [0.29, 0.717) is 30.9 Å². The minimum atomic E-state index is -0.526. The van der Waals surface area contributed by atoms with Crippen molar-refractivity contribution in [2.75, 3.05) is 14.2 Å². The number of nitroso groups, excluding NO2 is 1. The molecule has 1 aromatic rings. The van der Waals surface area contributed by atoms with Crippen LogP contribution in [0.15, 0.2) is 29.5 Å². The quantitative estimate of drug-likeness (QED) is 0.619. The predicted molar refractivity (Wildman–Crippen MR) is 83.5 cm³/mol. The molecule has 3 aliphatic rings. The Bertz CT molecular complexity index is 730. The molecule has 0 saturated heterocycles. The number of nitrogens with zero attached hydrogens (tertiary/aromatic N) is 2. The first kappa shape index (κ1) is 14.2. The van der Waals surface area contributed by atoms with Gasteiger partial charge in [-0.2, -0.15) is 4.91 Å². The van der Waals surface area contributed by atoms with Gasteiger partial charge < -0.3 is 14.4 Å². The fourth-order valence-corrected chi connectivity index (χ4v) is 4.03. The van der Waals surface area contributed by atoms with Gasteiger partial charge in [0.15, 0.2) is 11.5 Å². The average Bonchev–Trinajstić information content (AvgIpc) is 2.83. The van der Waals surface area contributed by atoms with Gasteiger partial charge in [-0.15, -0.1) is 0 Å². The summed E-state index contributed by atoms with van der Waals surface area (Å²) in [6, 6.07) is 3.46. The fraction of sp³-hybridized carbons (Fsp3) is 0.471. The fourth-order valence-electron chi connectivity index (χ4n) is 4.03. The van der Waals surface area contributed by atoms with Crippen LogP contribution in [0.4, 0.5) is 0 Å². The van der Waals surface area contributed by atoms with Gasteiger partial charge in [0, 0.05) is 32.0 Å². The topological polar surface area (TPSA) is 68.2 Å². The van der Waals surface area contributed by atoms with Crippen LogP contribution in [0, 0.1) is 4.91 Å². The van der Waals surface area contributed by atoms with Crippen molar-refractivity contribution in [2.45, 2.75) is 36.9 Å². The standard InChI is InChI=1S/C17H18N2O4/c1-19-9-10-3-4-12(22-2)16-15(10)17(8-14(19)20)6-5-11(18-21)7-13(17)23-16/h3-6,11,13H,7-9H2,1-2H3/t11-,13-,17-/m0/s1. The first-order valence-electron chi connectivity index (χ1n) is 7.72. The Morgan fingerprint density at radius 1 is 1.43 bits per heavy atom. The summed E-state index contributed by atoms with van der Waals surface area (Å²) in [4.78, 5) is 25.2. The van der Waals surface area contributed by atoms with Gasteiger partial charge in [0.2, 0.25) is 5.91 Å². The second-order valence-corrected chi connectivity index (χ2v) is 6.47. The van der Waals surface area contributed by atoms with Gasteiger partial charge in [-0.05, 0) is 11.6 Å². The molecule has 23 heavy (non-hydrogen) atoms. The Kier molecular flexibility index (Phi) is 2.98. The lowest BCUT2D eigenvalue weighted by Crippen LogP contribution is -2.43. The Labute approximate surface area is 134 Å². The van der Waals surface area contributed by atoms with E-state index in [2.05, 4.69) is 5.18 Å². The van der Waals surface area contributed by atoms with Gasteiger partial charge in [-0.1, -0.05) is 23.4 Å². The third-order valence-electron chi connectivity index (χ3n) is 5.21. The molecule has 0 radical (unpaired) electrons. The van der Waals surface area contributed by atoms with E-state index < -0.39 is 11.5 Å². The second-order valence-electron chi connectivity index (χ2n) is 6.47. The molecule has 2 aliphatic heterocycles. The number of hydrogen-bond acceptors (Lipinski definition) is 5. The Hall–Kier alpha value is -2.37. The van der Waals surface area contributed by atoms with Crippen molar-refractivity contribution in [3.8, 4) is 11.5 Å². The molecule has 120 valence electrons. The maximum Gasteiger partial charge on any atom is 0.223 e. The molecular formula is C17H18N2O4. The van der Waals surface area contributed by atoms with Crippen LogP contribution in [-0.4, -0.2) is 37.1 Å². The SMILES string of the molecule is COc1ccc2c3c1O[C@H]1C[C@@H](N=O)C=C[C@@]31CC(=O)N(C)C2. The van der Waals surface area contributed by atoms with Crippen LogP contribution in [0.2, 0.25) is 0 Å². The number of carbonyl (C=O) groups is 1. The highest BCUT2D eigenvalue weighted by Gasteiger charge is 2.54. The average molecular weight is 314 g/mol. The van der Waals surface area contributed by atoms with E-state index in [1.807, 2.05) is 31.3 Å². The maximum atomic E-state index is 12.6. The first-order chi connectivity index (χ1) is 11.1. The molecule has 0 saturated carbocycles. The van der Waals surface area contributed by atoms with Crippen molar-refractivity contribution < 1.29 is 14.3 Å². The molecule has 3 atom stereocenters. The Morgan fingerprint density at radius 2 is 2.26 bits per heavy atom. The van der Waals surface area contributed by atoms with Crippen molar-refractivity contribution in [3.05, 3.63) is 40.3 Å². The summed E-state index contributed by atoms with van der Waals surface area (Å²) >= 11 is 0.